The summed E-state index contributed by atoms with van der Waals surface area (Å²) in [5, 5.41) is 1.02. The fourth-order valence-corrected chi connectivity index (χ4v) is 2.09. The summed E-state index contributed by atoms with van der Waals surface area (Å²) in [7, 11) is 0. The van der Waals surface area contributed by atoms with Crippen LogP contribution in [0, 0.1) is 11.7 Å². The molecule has 1 heterocycles. The van der Waals surface area contributed by atoms with Gasteiger partial charge in [-0.25, -0.2) is 4.39 Å². The highest BCUT2D eigenvalue weighted by Crippen LogP contribution is 2.20. The molecule has 0 amide bonds. The van der Waals surface area contributed by atoms with Crippen LogP contribution in [0.25, 0.3) is 10.9 Å². The Morgan fingerprint density at radius 3 is 2.65 bits per heavy atom. The van der Waals surface area contributed by atoms with E-state index in [-0.39, 0.29) is 5.82 Å². The lowest BCUT2D eigenvalue weighted by atomic mass is 10.00. The van der Waals surface area contributed by atoms with Gasteiger partial charge < -0.3 is 0 Å². The van der Waals surface area contributed by atoms with Crippen molar-refractivity contribution in [1.29, 1.82) is 0 Å². The van der Waals surface area contributed by atoms with Gasteiger partial charge in [-0.15, -0.1) is 0 Å². The lowest BCUT2D eigenvalue weighted by Crippen LogP contribution is -2.02. The highest BCUT2D eigenvalue weighted by Gasteiger charge is 2.08. The molecule has 1 aromatic carbocycles. The number of benzene rings is 1. The normalized spacial score (nSPS) is 11.4. The van der Waals surface area contributed by atoms with Gasteiger partial charge >= 0.3 is 0 Å². The van der Waals surface area contributed by atoms with Crippen LogP contribution in [-0.4, -0.2) is 4.98 Å². The zero-order chi connectivity index (χ0) is 12.4. The molecule has 17 heavy (non-hydrogen) atoms. The van der Waals surface area contributed by atoms with E-state index in [0.717, 1.165) is 29.4 Å². The van der Waals surface area contributed by atoms with Crippen LogP contribution in [-0.2, 0) is 12.8 Å². The fourth-order valence-electron chi connectivity index (χ4n) is 2.09. The van der Waals surface area contributed by atoms with Gasteiger partial charge in [0.25, 0.3) is 0 Å². The molecule has 0 radical (unpaired) electrons. The van der Waals surface area contributed by atoms with E-state index in [1.165, 1.54) is 17.7 Å². The minimum atomic E-state index is -0.218. The number of halogens is 1. The number of hydrogen-bond donors (Lipinski definition) is 0. The summed E-state index contributed by atoms with van der Waals surface area (Å²) in [6.07, 6.45) is 1.93. The van der Waals surface area contributed by atoms with Crippen molar-refractivity contribution in [3.05, 3.63) is 41.3 Å². The van der Waals surface area contributed by atoms with Gasteiger partial charge in [0.2, 0.25) is 0 Å². The van der Waals surface area contributed by atoms with Crippen LogP contribution >= 0.6 is 0 Å². The van der Waals surface area contributed by atoms with Crippen molar-refractivity contribution in [3.8, 4) is 0 Å². The third-order valence-electron chi connectivity index (χ3n) is 2.93. The standard InChI is InChI=1S/C15H18FN/c1-4-11-8-12-5-6-13(16)9-15(12)17-14(11)7-10(2)3/h5-6,8-10H,4,7H2,1-3H3. The van der Waals surface area contributed by atoms with Crippen molar-refractivity contribution >= 4 is 10.9 Å². The van der Waals surface area contributed by atoms with Crippen LogP contribution in [0.5, 0.6) is 0 Å². The van der Waals surface area contributed by atoms with Gasteiger partial charge in [-0.1, -0.05) is 20.8 Å². The quantitative estimate of drug-likeness (QED) is 0.773. The molecule has 2 aromatic rings. The van der Waals surface area contributed by atoms with E-state index >= 15 is 0 Å². The topological polar surface area (TPSA) is 12.9 Å². The van der Waals surface area contributed by atoms with E-state index in [4.69, 9.17) is 0 Å². The molecule has 90 valence electrons. The molecular formula is C15H18FN. The van der Waals surface area contributed by atoms with E-state index in [1.54, 1.807) is 6.07 Å². The second-order valence-electron chi connectivity index (χ2n) is 4.88. The third kappa shape index (κ3) is 2.63. The lowest BCUT2D eigenvalue weighted by molar-refractivity contribution is 0.626. The average molecular weight is 231 g/mol. The van der Waals surface area contributed by atoms with Gasteiger partial charge in [-0.2, -0.15) is 0 Å². The van der Waals surface area contributed by atoms with Crippen LogP contribution in [0.2, 0.25) is 0 Å². The Kier molecular flexibility index (Phi) is 3.41. The van der Waals surface area contributed by atoms with Crippen LogP contribution in [0.4, 0.5) is 4.39 Å². The molecule has 0 aliphatic carbocycles. The number of fused-ring (bicyclic) bond motifs is 1. The number of nitrogens with zero attached hydrogens (tertiary/aromatic N) is 1. The van der Waals surface area contributed by atoms with E-state index in [2.05, 4.69) is 31.8 Å². The minimum absolute atomic E-state index is 0.218. The molecule has 0 unspecified atom stereocenters. The minimum Gasteiger partial charge on any atom is -0.252 e. The predicted molar refractivity (Wildman–Crippen MR) is 69.6 cm³/mol. The van der Waals surface area contributed by atoms with Gasteiger partial charge in [0.05, 0.1) is 5.52 Å². The number of pyridine rings is 1. The smallest absolute Gasteiger partial charge is 0.125 e. The van der Waals surface area contributed by atoms with Gasteiger partial charge in [0.1, 0.15) is 5.82 Å². The van der Waals surface area contributed by atoms with E-state index in [0.29, 0.717) is 5.92 Å². The summed E-state index contributed by atoms with van der Waals surface area (Å²) >= 11 is 0. The number of rotatable bonds is 3. The van der Waals surface area contributed by atoms with E-state index < -0.39 is 0 Å². The maximum Gasteiger partial charge on any atom is 0.125 e. The van der Waals surface area contributed by atoms with Gasteiger partial charge in [0.15, 0.2) is 0 Å². The zero-order valence-corrected chi connectivity index (χ0v) is 10.6. The Labute approximate surface area is 102 Å². The van der Waals surface area contributed by atoms with Gasteiger partial charge in [-0.3, -0.25) is 4.98 Å². The second kappa shape index (κ2) is 4.82. The zero-order valence-electron chi connectivity index (χ0n) is 10.6. The Bertz CT molecular complexity index is 532. The first-order valence-electron chi connectivity index (χ1n) is 6.18. The molecule has 1 aromatic heterocycles. The largest absolute Gasteiger partial charge is 0.252 e. The Balaban J connectivity index is 2.57. The molecule has 0 spiro atoms. The van der Waals surface area contributed by atoms with Crippen LogP contribution in [0.1, 0.15) is 32.0 Å². The van der Waals surface area contributed by atoms with Gasteiger partial charge in [-0.05, 0) is 42.5 Å². The molecule has 0 atom stereocenters. The first-order valence-corrected chi connectivity index (χ1v) is 6.18. The first kappa shape index (κ1) is 12.0. The molecule has 1 nitrogen and oxygen atoms in total. The monoisotopic (exact) mass is 231 g/mol. The Morgan fingerprint density at radius 2 is 2.00 bits per heavy atom. The molecular weight excluding hydrogens is 213 g/mol. The lowest BCUT2D eigenvalue weighted by Gasteiger charge is -2.11. The Morgan fingerprint density at radius 1 is 1.24 bits per heavy atom. The molecule has 0 N–H and O–H groups in total. The third-order valence-corrected chi connectivity index (χ3v) is 2.93. The van der Waals surface area contributed by atoms with Crippen molar-refractivity contribution in [1.82, 2.24) is 4.98 Å². The summed E-state index contributed by atoms with van der Waals surface area (Å²) in [6, 6.07) is 6.94. The second-order valence-corrected chi connectivity index (χ2v) is 4.88. The number of aryl methyl sites for hydroxylation is 1. The number of hydrogen-bond acceptors (Lipinski definition) is 1. The SMILES string of the molecule is CCc1cc2ccc(F)cc2nc1CC(C)C. The molecule has 0 fully saturated rings. The summed E-state index contributed by atoms with van der Waals surface area (Å²) in [6.45, 7) is 6.49. The fraction of sp³-hybridized carbons (Fsp3) is 0.400. The predicted octanol–water partition coefficient (Wildman–Crippen LogP) is 4.13. The molecule has 0 bridgehead atoms. The van der Waals surface area contributed by atoms with Crippen molar-refractivity contribution in [3.63, 3.8) is 0 Å². The van der Waals surface area contributed by atoms with Gasteiger partial charge in [0, 0.05) is 17.1 Å². The molecule has 0 aliphatic heterocycles. The van der Waals surface area contributed by atoms with Crippen molar-refractivity contribution in [2.24, 2.45) is 5.92 Å². The highest BCUT2D eigenvalue weighted by atomic mass is 19.1. The summed E-state index contributed by atoms with van der Waals surface area (Å²) < 4.78 is 13.2. The molecule has 0 aliphatic rings. The summed E-state index contributed by atoms with van der Waals surface area (Å²) in [5.74, 6) is 0.351. The summed E-state index contributed by atoms with van der Waals surface area (Å²) in [5.41, 5.74) is 3.15. The van der Waals surface area contributed by atoms with Crippen LogP contribution < -0.4 is 0 Å². The molecule has 0 saturated carbocycles. The van der Waals surface area contributed by atoms with Crippen LogP contribution in [0.3, 0.4) is 0 Å². The Hall–Kier alpha value is -1.44. The first-order chi connectivity index (χ1) is 8.10. The van der Waals surface area contributed by atoms with Crippen molar-refractivity contribution in [2.75, 3.05) is 0 Å². The molecule has 0 saturated heterocycles. The van der Waals surface area contributed by atoms with E-state index in [9.17, 15) is 4.39 Å². The maximum absolute atomic E-state index is 13.2. The van der Waals surface area contributed by atoms with Crippen LogP contribution in [0.15, 0.2) is 24.3 Å². The highest BCUT2D eigenvalue weighted by molar-refractivity contribution is 5.79. The maximum atomic E-state index is 13.2. The molecule has 2 heteroatoms. The van der Waals surface area contributed by atoms with Crippen molar-refractivity contribution < 1.29 is 4.39 Å². The molecule has 2 rings (SSSR count). The average Bonchev–Trinajstić information content (AvgIpc) is 2.27. The summed E-state index contributed by atoms with van der Waals surface area (Å²) in [4.78, 5) is 4.61. The van der Waals surface area contributed by atoms with E-state index in [1.807, 2.05) is 0 Å². The van der Waals surface area contributed by atoms with Crippen molar-refractivity contribution in [2.45, 2.75) is 33.6 Å². The number of aromatic nitrogens is 1.